The Balaban J connectivity index is 1.43. The molecule has 10 nitrogen and oxygen atoms in total. The molecular weight excluding hydrogens is 381 g/mol. The number of nitrogens with zero attached hydrogens (tertiary/aromatic N) is 3. The Labute approximate surface area is 166 Å². The van der Waals surface area contributed by atoms with E-state index in [1.165, 1.54) is 28.9 Å². The molecule has 0 radical (unpaired) electrons. The number of aromatic nitrogens is 2. The third kappa shape index (κ3) is 4.06. The highest BCUT2D eigenvalue weighted by Crippen LogP contribution is 2.23. The molecule has 0 spiro atoms. The second-order valence-corrected chi connectivity index (χ2v) is 7.01. The third-order valence-electron chi connectivity index (χ3n) is 4.86. The van der Waals surface area contributed by atoms with Gasteiger partial charge in [-0.15, -0.1) is 0 Å². The highest BCUT2D eigenvalue weighted by molar-refractivity contribution is 5.91. The van der Waals surface area contributed by atoms with E-state index in [-0.39, 0.29) is 30.4 Å². The lowest BCUT2D eigenvalue weighted by Crippen LogP contribution is -2.61. The molecule has 29 heavy (non-hydrogen) atoms. The predicted molar refractivity (Wildman–Crippen MR) is 101 cm³/mol. The van der Waals surface area contributed by atoms with Gasteiger partial charge in [0.2, 0.25) is 5.91 Å². The van der Waals surface area contributed by atoms with Crippen LogP contribution in [0.5, 0.6) is 5.75 Å². The van der Waals surface area contributed by atoms with E-state index in [9.17, 15) is 14.0 Å². The fraction of sp³-hybridized carbons (Fsp3) is 0.389. The zero-order valence-electron chi connectivity index (χ0n) is 16.0. The number of benzene rings is 1. The van der Waals surface area contributed by atoms with Gasteiger partial charge in [-0.2, -0.15) is 5.10 Å². The molecular formula is C18H22FN7O3. The molecule has 2 saturated heterocycles. The summed E-state index contributed by atoms with van der Waals surface area (Å²) < 4.78 is 19.8. The first-order valence-electron chi connectivity index (χ1n) is 9.18. The van der Waals surface area contributed by atoms with Crippen molar-refractivity contribution in [2.24, 2.45) is 5.92 Å². The van der Waals surface area contributed by atoms with E-state index in [0.717, 1.165) is 0 Å². The molecule has 0 aliphatic carbocycles. The van der Waals surface area contributed by atoms with Crippen molar-refractivity contribution in [3.05, 3.63) is 41.8 Å². The number of carbonyl (C=O) groups is 2. The lowest BCUT2D eigenvalue weighted by molar-refractivity contribution is -0.131. The van der Waals surface area contributed by atoms with Crippen molar-refractivity contribution in [2.75, 3.05) is 25.5 Å². The minimum atomic E-state index is -0.617. The van der Waals surface area contributed by atoms with Crippen LogP contribution in [0.1, 0.15) is 12.0 Å². The van der Waals surface area contributed by atoms with E-state index in [1.54, 1.807) is 13.0 Å². The number of nitrogens with one attached hydrogen (secondary N) is 4. The number of carbonyl (C=O) groups excluding carboxylic acids is 2. The minimum Gasteiger partial charge on any atom is -0.484 e. The Bertz CT molecular complexity index is 917. The van der Waals surface area contributed by atoms with E-state index in [2.05, 4.69) is 26.5 Å². The summed E-state index contributed by atoms with van der Waals surface area (Å²) in [5.41, 5.74) is 3.80. The van der Waals surface area contributed by atoms with Crippen molar-refractivity contribution in [1.29, 1.82) is 0 Å². The van der Waals surface area contributed by atoms with Crippen molar-refractivity contribution in [3.8, 4) is 5.75 Å². The van der Waals surface area contributed by atoms with Crippen LogP contribution in [-0.4, -0.2) is 53.0 Å². The van der Waals surface area contributed by atoms with Gasteiger partial charge in [-0.25, -0.2) is 14.1 Å². The van der Waals surface area contributed by atoms with Gasteiger partial charge in [-0.3, -0.25) is 20.3 Å². The lowest BCUT2D eigenvalue weighted by Gasteiger charge is -2.35. The van der Waals surface area contributed by atoms with Crippen LogP contribution in [0.15, 0.2) is 30.3 Å². The number of amides is 2. The maximum atomic E-state index is 12.9. The summed E-state index contributed by atoms with van der Waals surface area (Å²) in [5.74, 6) is -0.297. The molecule has 11 heteroatoms. The minimum absolute atomic E-state index is 0.0966. The summed E-state index contributed by atoms with van der Waals surface area (Å²) in [7, 11) is 1.86. The fourth-order valence-electron chi connectivity index (χ4n) is 3.43. The average Bonchev–Trinajstić information content (AvgIpc) is 3.24. The normalized spacial score (nSPS) is 24.1. The first-order chi connectivity index (χ1) is 13.9. The summed E-state index contributed by atoms with van der Waals surface area (Å²) in [6.45, 7) is 2.09. The smallest absolute Gasteiger partial charge is 0.263 e. The number of hydrogen-bond donors (Lipinski definition) is 4. The predicted octanol–water partition coefficient (Wildman–Crippen LogP) is -0.0841. The van der Waals surface area contributed by atoms with E-state index in [4.69, 9.17) is 4.74 Å². The maximum Gasteiger partial charge on any atom is 0.263 e. The van der Waals surface area contributed by atoms with Gasteiger partial charge >= 0.3 is 0 Å². The first kappa shape index (κ1) is 19.3. The fourth-order valence-corrected chi connectivity index (χ4v) is 3.43. The van der Waals surface area contributed by atoms with Crippen LogP contribution in [0, 0.1) is 18.7 Å². The van der Waals surface area contributed by atoms with Crippen LogP contribution in [0.4, 0.5) is 10.2 Å². The maximum absolute atomic E-state index is 12.9. The number of rotatable bonds is 5. The van der Waals surface area contributed by atoms with Gasteiger partial charge in [0.1, 0.15) is 17.4 Å². The highest BCUT2D eigenvalue weighted by atomic mass is 19.1. The molecule has 3 unspecified atom stereocenters. The molecule has 2 aromatic rings. The van der Waals surface area contributed by atoms with Crippen LogP contribution in [0.2, 0.25) is 0 Å². The molecule has 154 valence electrons. The summed E-state index contributed by atoms with van der Waals surface area (Å²) in [4.78, 5) is 24.8. The van der Waals surface area contributed by atoms with Crippen molar-refractivity contribution in [3.63, 3.8) is 0 Å². The number of hydrogen-bond acceptors (Lipinski definition) is 7. The van der Waals surface area contributed by atoms with E-state index in [0.29, 0.717) is 23.8 Å². The Morgan fingerprint density at radius 3 is 2.90 bits per heavy atom. The van der Waals surface area contributed by atoms with E-state index < -0.39 is 12.2 Å². The van der Waals surface area contributed by atoms with E-state index >= 15 is 0 Å². The number of fused-ring (bicyclic) bond motifs is 1. The molecule has 1 aromatic carbocycles. The summed E-state index contributed by atoms with van der Waals surface area (Å²) in [6, 6.07) is 7.10. The molecule has 0 saturated carbocycles. The first-order valence-corrected chi connectivity index (χ1v) is 9.18. The highest BCUT2D eigenvalue weighted by Gasteiger charge is 2.43. The van der Waals surface area contributed by atoms with Gasteiger partial charge in [0.15, 0.2) is 12.9 Å². The summed E-state index contributed by atoms with van der Waals surface area (Å²) >= 11 is 0. The molecule has 2 fully saturated rings. The topological polar surface area (TPSA) is 113 Å². The second kappa shape index (κ2) is 7.78. The largest absolute Gasteiger partial charge is 0.484 e. The number of anilines is 1. The van der Waals surface area contributed by atoms with E-state index in [1.807, 2.05) is 12.1 Å². The van der Waals surface area contributed by atoms with Gasteiger partial charge in [0.05, 0.1) is 17.8 Å². The lowest BCUT2D eigenvalue weighted by atomic mass is 10.1. The molecule has 4 N–H and O–H groups in total. The van der Waals surface area contributed by atoms with Crippen molar-refractivity contribution >= 4 is 17.6 Å². The van der Waals surface area contributed by atoms with Crippen molar-refractivity contribution in [2.45, 2.75) is 19.4 Å². The Kier molecular flexibility index (Phi) is 5.18. The van der Waals surface area contributed by atoms with Gasteiger partial charge in [0, 0.05) is 19.7 Å². The Hall–Kier alpha value is -3.02. The molecule has 2 aliphatic rings. The van der Waals surface area contributed by atoms with Gasteiger partial charge in [0.25, 0.3) is 5.91 Å². The van der Waals surface area contributed by atoms with Crippen LogP contribution >= 0.6 is 0 Å². The Morgan fingerprint density at radius 1 is 1.38 bits per heavy atom. The summed E-state index contributed by atoms with van der Waals surface area (Å²) in [5, 5.41) is 15.2. The van der Waals surface area contributed by atoms with Crippen LogP contribution in [0.3, 0.4) is 0 Å². The van der Waals surface area contributed by atoms with Gasteiger partial charge in [-0.1, -0.05) is 0 Å². The van der Waals surface area contributed by atoms with Crippen LogP contribution in [0.25, 0.3) is 0 Å². The molecule has 1 aromatic heterocycles. The third-order valence-corrected chi connectivity index (χ3v) is 4.86. The van der Waals surface area contributed by atoms with Crippen molar-refractivity contribution < 1.29 is 18.7 Å². The quantitative estimate of drug-likeness (QED) is 0.552. The molecule has 2 aliphatic heterocycles. The average molecular weight is 403 g/mol. The SMILES string of the molecule is Cc1cc(NC(=O)COc2ccc(F)cc2)n(C2NC(=O)C3CNN(C)C3N2)n1. The second-order valence-electron chi connectivity index (χ2n) is 7.01. The zero-order chi connectivity index (χ0) is 20.5. The summed E-state index contributed by atoms with van der Waals surface area (Å²) in [6.07, 6.45) is -0.809. The number of hydrazine groups is 1. The van der Waals surface area contributed by atoms with Crippen molar-refractivity contribution in [1.82, 2.24) is 30.8 Å². The van der Waals surface area contributed by atoms with Crippen LogP contribution < -0.4 is 26.1 Å². The number of aryl methyl sites for hydroxylation is 1. The molecule has 4 rings (SSSR count). The molecule has 2 amide bonds. The number of ether oxygens (including phenoxy) is 1. The van der Waals surface area contributed by atoms with Crippen LogP contribution in [-0.2, 0) is 9.59 Å². The monoisotopic (exact) mass is 403 g/mol. The molecule has 3 heterocycles. The van der Waals surface area contributed by atoms with Gasteiger partial charge < -0.3 is 15.4 Å². The zero-order valence-corrected chi connectivity index (χ0v) is 16.0. The molecule has 3 atom stereocenters. The van der Waals surface area contributed by atoms with Gasteiger partial charge in [-0.05, 0) is 31.2 Å². The Morgan fingerprint density at radius 2 is 2.14 bits per heavy atom. The molecule has 0 bridgehead atoms. The number of halogens is 1. The standard InChI is InChI=1S/C18H22FN7O3/c1-10-7-14(21-15(27)9-29-12-5-3-11(19)4-6-12)26(24-10)18-22-16-13(17(28)23-18)8-20-25(16)2/h3-7,13,16,18,20,22H,8-9H2,1-2H3,(H,21,27)(H,23,28).